The van der Waals surface area contributed by atoms with Gasteiger partial charge in [-0.1, -0.05) is 24.3 Å². The van der Waals surface area contributed by atoms with E-state index < -0.39 is 0 Å². The van der Waals surface area contributed by atoms with Crippen molar-refractivity contribution in [1.29, 1.82) is 0 Å². The smallest absolute Gasteiger partial charge is 0.236 e. The zero-order valence-corrected chi connectivity index (χ0v) is 14.2. The molecule has 2 unspecified atom stereocenters. The molecule has 1 fully saturated rings. The molecular weight excluding hydrogens is 288 g/mol. The Morgan fingerprint density at radius 1 is 1.26 bits per heavy atom. The van der Waals surface area contributed by atoms with Crippen molar-refractivity contribution >= 4 is 5.91 Å². The zero-order valence-electron chi connectivity index (χ0n) is 14.2. The van der Waals surface area contributed by atoms with Gasteiger partial charge in [0.1, 0.15) is 0 Å². The van der Waals surface area contributed by atoms with E-state index in [4.69, 9.17) is 0 Å². The summed E-state index contributed by atoms with van der Waals surface area (Å²) in [5.74, 6) is 0.590. The molecular formula is C19H28N2O2. The van der Waals surface area contributed by atoms with Gasteiger partial charge in [0.05, 0.1) is 18.7 Å². The normalized spacial score (nSPS) is 21.8. The second kappa shape index (κ2) is 7.02. The molecule has 1 amide bonds. The number of carbonyl (C=O) groups is 1. The second-order valence-electron chi connectivity index (χ2n) is 7.21. The molecule has 2 atom stereocenters. The number of nitrogens with zero attached hydrogens (tertiary/aromatic N) is 2. The van der Waals surface area contributed by atoms with Gasteiger partial charge >= 0.3 is 0 Å². The van der Waals surface area contributed by atoms with E-state index in [0.717, 1.165) is 32.1 Å². The lowest BCUT2D eigenvalue weighted by atomic mass is 9.87. The van der Waals surface area contributed by atoms with Crippen molar-refractivity contribution in [2.75, 3.05) is 27.2 Å². The van der Waals surface area contributed by atoms with Crippen LogP contribution in [0.5, 0.6) is 0 Å². The molecule has 4 heteroatoms. The fraction of sp³-hybridized carbons (Fsp3) is 0.632. The topological polar surface area (TPSA) is 43.8 Å². The van der Waals surface area contributed by atoms with E-state index in [9.17, 15) is 9.90 Å². The van der Waals surface area contributed by atoms with Crippen molar-refractivity contribution in [3.05, 3.63) is 35.4 Å². The largest absolute Gasteiger partial charge is 0.392 e. The van der Waals surface area contributed by atoms with Crippen LogP contribution in [0.25, 0.3) is 0 Å². The van der Waals surface area contributed by atoms with Crippen LogP contribution in [-0.4, -0.2) is 54.1 Å². The molecule has 0 heterocycles. The third-order valence-corrected chi connectivity index (χ3v) is 5.27. The number of aliphatic hydroxyl groups excluding tert-OH is 1. The highest BCUT2D eigenvalue weighted by molar-refractivity contribution is 5.78. The van der Waals surface area contributed by atoms with Crippen LogP contribution in [0.15, 0.2) is 24.3 Å². The Bertz CT molecular complexity index is 556. The third kappa shape index (κ3) is 3.93. The Hall–Kier alpha value is -1.39. The van der Waals surface area contributed by atoms with Crippen molar-refractivity contribution in [2.45, 2.75) is 44.2 Å². The van der Waals surface area contributed by atoms with Crippen LogP contribution < -0.4 is 0 Å². The van der Waals surface area contributed by atoms with Gasteiger partial charge in [0, 0.05) is 13.6 Å². The summed E-state index contributed by atoms with van der Waals surface area (Å²) in [6.45, 7) is 0.963. The second-order valence-corrected chi connectivity index (χ2v) is 7.21. The van der Waals surface area contributed by atoms with Crippen LogP contribution in [-0.2, 0) is 11.2 Å². The lowest BCUT2D eigenvalue weighted by molar-refractivity contribution is -0.133. The highest BCUT2D eigenvalue weighted by Gasteiger charge is 2.31. The highest BCUT2D eigenvalue weighted by atomic mass is 16.3. The molecule has 3 rings (SSSR count). The van der Waals surface area contributed by atoms with Crippen molar-refractivity contribution in [2.24, 2.45) is 5.92 Å². The summed E-state index contributed by atoms with van der Waals surface area (Å²) in [5.41, 5.74) is 2.68. The van der Waals surface area contributed by atoms with Gasteiger partial charge in [-0.25, -0.2) is 0 Å². The van der Waals surface area contributed by atoms with Crippen LogP contribution >= 0.6 is 0 Å². The van der Waals surface area contributed by atoms with Gasteiger partial charge in [-0.3, -0.25) is 9.69 Å². The van der Waals surface area contributed by atoms with Crippen molar-refractivity contribution in [3.8, 4) is 0 Å². The number of likely N-dealkylation sites (N-methyl/N-ethyl adjacent to an activating group) is 2. The van der Waals surface area contributed by atoms with Gasteiger partial charge in [0.2, 0.25) is 5.91 Å². The van der Waals surface area contributed by atoms with Gasteiger partial charge in [-0.2, -0.15) is 0 Å². The maximum atomic E-state index is 12.6. The van der Waals surface area contributed by atoms with E-state index in [1.807, 2.05) is 23.9 Å². The maximum absolute atomic E-state index is 12.6. The molecule has 0 aliphatic heterocycles. The number of aryl methyl sites for hydroxylation is 1. The quantitative estimate of drug-likeness (QED) is 0.875. The fourth-order valence-electron chi connectivity index (χ4n) is 3.66. The van der Waals surface area contributed by atoms with Gasteiger partial charge in [-0.15, -0.1) is 0 Å². The van der Waals surface area contributed by atoms with Crippen molar-refractivity contribution < 1.29 is 9.90 Å². The number of hydrogen-bond acceptors (Lipinski definition) is 3. The molecule has 0 radical (unpaired) electrons. The molecule has 0 bridgehead atoms. The first-order valence-electron chi connectivity index (χ1n) is 8.76. The molecule has 0 aromatic heterocycles. The first-order chi connectivity index (χ1) is 11.1. The summed E-state index contributed by atoms with van der Waals surface area (Å²) in [6.07, 6.45) is 5.25. The zero-order chi connectivity index (χ0) is 16.4. The molecule has 0 saturated heterocycles. The first kappa shape index (κ1) is 16.5. The number of hydrogen-bond donors (Lipinski definition) is 1. The molecule has 1 aromatic rings. The van der Waals surface area contributed by atoms with Crippen LogP contribution in [0.4, 0.5) is 0 Å². The standard InChI is InChI=1S/C19H28N2O2/c1-20(12-18(22)15-10-11-15)13-19(23)21(2)17-9-5-7-14-6-3-4-8-16(14)17/h3-4,6,8,15,17-18,22H,5,7,9-13H2,1-2H3. The number of benzene rings is 1. The molecule has 1 aromatic carbocycles. The predicted molar refractivity (Wildman–Crippen MR) is 91.1 cm³/mol. The minimum absolute atomic E-state index is 0.136. The number of carbonyl (C=O) groups excluding carboxylic acids is 1. The lowest BCUT2D eigenvalue weighted by Gasteiger charge is -2.34. The average Bonchev–Trinajstić information content (AvgIpc) is 3.38. The molecule has 0 spiro atoms. The third-order valence-electron chi connectivity index (χ3n) is 5.27. The molecule has 4 nitrogen and oxygen atoms in total. The number of amides is 1. The average molecular weight is 316 g/mol. The summed E-state index contributed by atoms with van der Waals surface area (Å²) < 4.78 is 0. The van der Waals surface area contributed by atoms with Crippen molar-refractivity contribution in [3.63, 3.8) is 0 Å². The monoisotopic (exact) mass is 316 g/mol. The Morgan fingerprint density at radius 3 is 2.74 bits per heavy atom. The van der Waals surface area contributed by atoms with Crippen LogP contribution in [0, 0.1) is 5.92 Å². The number of aliphatic hydroxyl groups is 1. The molecule has 1 N–H and O–H groups in total. The molecule has 126 valence electrons. The summed E-state index contributed by atoms with van der Waals surface area (Å²) >= 11 is 0. The van der Waals surface area contributed by atoms with E-state index in [0.29, 0.717) is 19.0 Å². The Balaban J connectivity index is 1.59. The fourth-order valence-corrected chi connectivity index (χ4v) is 3.66. The number of rotatable bonds is 6. The summed E-state index contributed by atoms with van der Waals surface area (Å²) in [4.78, 5) is 16.5. The van der Waals surface area contributed by atoms with E-state index in [1.54, 1.807) is 0 Å². The van der Waals surface area contributed by atoms with E-state index in [-0.39, 0.29) is 18.1 Å². The Labute approximate surface area is 139 Å². The maximum Gasteiger partial charge on any atom is 0.236 e. The minimum atomic E-state index is -0.284. The van der Waals surface area contributed by atoms with Crippen LogP contribution in [0.2, 0.25) is 0 Å². The highest BCUT2D eigenvalue weighted by Crippen LogP contribution is 2.34. The molecule has 2 aliphatic rings. The van der Waals surface area contributed by atoms with Crippen LogP contribution in [0.1, 0.15) is 42.9 Å². The van der Waals surface area contributed by atoms with Crippen molar-refractivity contribution in [1.82, 2.24) is 9.80 Å². The van der Waals surface area contributed by atoms with Gasteiger partial charge in [0.15, 0.2) is 0 Å². The summed E-state index contributed by atoms with van der Waals surface area (Å²) in [7, 11) is 3.84. The SMILES string of the molecule is CN(CC(=O)N(C)C1CCCc2ccccc21)CC(O)C1CC1. The molecule has 23 heavy (non-hydrogen) atoms. The summed E-state index contributed by atoms with van der Waals surface area (Å²) in [5, 5.41) is 10.0. The predicted octanol–water partition coefficient (Wildman–Crippen LogP) is 2.23. The molecule has 1 saturated carbocycles. The van der Waals surface area contributed by atoms with Gasteiger partial charge < -0.3 is 10.0 Å². The lowest BCUT2D eigenvalue weighted by Crippen LogP contribution is -2.42. The van der Waals surface area contributed by atoms with E-state index in [1.165, 1.54) is 11.1 Å². The van der Waals surface area contributed by atoms with E-state index in [2.05, 4.69) is 24.3 Å². The van der Waals surface area contributed by atoms with Gasteiger partial charge in [-0.05, 0) is 56.2 Å². The Morgan fingerprint density at radius 2 is 2.00 bits per heavy atom. The summed E-state index contributed by atoms with van der Waals surface area (Å²) in [6, 6.07) is 8.67. The van der Waals surface area contributed by atoms with E-state index >= 15 is 0 Å². The van der Waals surface area contributed by atoms with Crippen LogP contribution in [0.3, 0.4) is 0 Å². The van der Waals surface area contributed by atoms with Gasteiger partial charge in [0.25, 0.3) is 0 Å². The Kier molecular flexibility index (Phi) is 5.02. The molecule has 2 aliphatic carbocycles. The number of fused-ring (bicyclic) bond motifs is 1. The minimum Gasteiger partial charge on any atom is -0.392 e. The first-order valence-corrected chi connectivity index (χ1v) is 8.76.